The molecule has 0 saturated carbocycles. The lowest BCUT2D eigenvalue weighted by molar-refractivity contribution is 0.0469. The Balaban J connectivity index is 1.89. The lowest BCUT2D eigenvalue weighted by Gasteiger charge is -2.15. The Hall–Kier alpha value is -3.81. The van der Waals surface area contributed by atoms with Crippen molar-refractivity contribution in [3.05, 3.63) is 77.5 Å². The molecule has 8 heteroatoms. The summed E-state index contributed by atoms with van der Waals surface area (Å²) < 4.78 is 34.5. The molecule has 29 heavy (non-hydrogen) atoms. The molecule has 0 unspecified atom stereocenters. The molecule has 0 saturated heterocycles. The molecular weight excluding hydrogens is 381 g/mol. The third-order valence-corrected chi connectivity index (χ3v) is 4.05. The van der Waals surface area contributed by atoms with E-state index < -0.39 is 17.7 Å². The third kappa shape index (κ3) is 4.55. The predicted molar refractivity (Wildman–Crippen MR) is 102 cm³/mol. The molecule has 1 aromatic heterocycles. The van der Waals surface area contributed by atoms with E-state index in [0.717, 1.165) is 0 Å². The van der Waals surface area contributed by atoms with E-state index in [-0.39, 0.29) is 34.9 Å². The molecule has 0 radical (unpaired) electrons. The van der Waals surface area contributed by atoms with Crippen LogP contribution in [0.25, 0.3) is 0 Å². The Morgan fingerprint density at radius 2 is 1.76 bits per heavy atom. The van der Waals surface area contributed by atoms with Crippen LogP contribution < -0.4 is 14.8 Å². The molecule has 0 aliphatic carbocycles. The van der Waals surface area contributed by atoms with Crippen LogP contribution in [0.3, 0.4) is 0 Å². The van der Waals surface area contributed by atoms with Crippen molar-refractivity contribution in [2.75, 3.05) is 19.5 Å². The zero-order valence-electron chi connectivity index (χ0n) is 15.7. The molecule has 0 aliphatic heterocycles. The number of ether oxygens (including phenoxy) is 3. The number of benzene rings is 2. The van der Waals surface area contributed by atoms with Gasteiger partial charge in [-0.3, -0.25) is 4.79 Å². The molecule has 0 aliphatic rings. The van der Waals surface area contributed by atoms with Gasteiger partial charge in [-0.1, -0.05) is 18.2 Å². The molecule has 3 aromatic rings. The van der Waals surface area contributed by atoms with Crippen molar-refractivity contribution in [1.82, 2.24) is 0 Å². The van der Waals surface area contributed by atoms with Gasteiger partial charge < -0.3 is 23.9 Å². The quantitative estimate of drug-likeness (QED) is 0.604. The smallest absolute Gasteiger partial charge is 0.340 e. The fourth-order valence-electron chi connectivity index (χ4n) is 2.58. The standard InChI is InChI=1S/C21H18FNO6/c1-26-18-10-14(21(25)29-12-13-6-3-4-7-15(13)22)16(11-19(18)27-2)23-20(24)17-8-5-9-28-17/h3-11H,12H2,1-2H3,(H,23,24). The van der Waals surface area contributed by atoms with Crippen LogP contribution in [0, 0.1) is 5.82 Å². The summed E-state index contributed by atoms with van der Waals surface area (Å²) in [5.74, 6) is -1.20. The Kier molecular flexibility index (Phi) is 6.13. The van der Waals surface area contributed by atoms with Crippen LogP contribution in [0.4, 0.5) is 10.1 Å². The minimum atomic E-state index is -0.774. The average Bonchev–Trinajstić information content (AvgIpc) is 3.27. The van der Waals surface area contributed by atoms with Gasteiger partial charge in [0.1, 0.15) is 12.4 Å². The van der Waals surface area contributed by atoms with E-state index in [1.54, 1.807) is 12.1 Å². The summed E-state index contributed by atoms with van der Waals surface area (Å²) in [7, 11) is 2.83. The molecule has 1 amide bonds. The number of rotatable bonds is 7. The summed E-state index contributed by atoms with van der Waals surface area (Å²) in [6, 6.07) is 11.8. The van der Waals surface area contributed by atoms with E-state index in [1.165, 1.54) is 56.9 Å². The molecule has 1 N–H and O–H groups in total. The van der Waals surface area contributed by atoms with Crippen molar-refractivity contribution in [3.63, 3.8) is 0 Å². The van der Waals surface area contributed by atoms with Gasteiger partial charge in [0.25, 0.3) is 5.91 Å². The van der Waals surface area contributed by atoms with E-state index in [1.807, 2.05) is 0 Å². The summed E-state index contributed by atoms with van der Waals surface area (Å²) in [4.78, 5) is 25.0. The van der Waals surface area contributed by atoms with Gasteiger partial charge in [-0.2, -0.15) is 0 Å². The second-order valence-electron chi connectivity index (χ2n) is 5.85. The first-order chi connectivity index (χ1) is 14.0. The molecule has 0 atom stereocenters. The summed E-state index contributed by atoms with van der Waals surface area (Å²) in [5.41, 5.74) is 0.365. The van der Waals surface area contributed by atoms with E-state index in [0.29, 0.717) is 5.75 Å². The molecular formula is C21H18FNO6. The lowest BCUT2D eigenvalue weighted by Crippen LogP contribution is -2.16. The second kappa shape index (κ2) is 8.92. The van der Waals surface area contributed by atoms with Crippen LogP contribution >= 0.6 is 0 Å². The zero-order chi connectivity index (χ0) is 20.8. The molecule has 150 valence electrons. The van der Waals surface area contributed by atoms with E-state index in [4.69, 9.17) is 18.6 Å². The van der Waals surface area contributed by atoms with Crippen LogP contribution in [0.5, 0.6) is 11.5 Å². The summed E-state index contributed by atoms with van der Waals surface area (Å²) in [5, 5.41) is 2.59. The number of hydrogen-bond acceptors (Lipinski definition) is 6. The van der Waals surface area contributed by atoms with Crippen LogP contribution in [0.15, 0.2) is 59.2 Å². The first kappa shape index (κ1) is 19.9. The number of furan rings is 1. The molecule has 1 heterocycles. The molecule has 2 aromatic carbocycles. The SMILES string of the molecule is COc1cc(NC(=O)c2ccco2)c(C(=O)OCc2ccccc2F)cc1OC. The van der Waals surface area contributed by atoms with Gasteiger partial charge in [0.05, 0.1) is 31.7 Å². The van der Waals surface area contributed by atoms with E-state index in [9.17, 15) is 14.0 Å². The third-order valence-electron chi connectivity index (χ3n) is 4.05. The predicted octanol–water partition coefficient (Wildman–Crippen LogP) is 4.05. The molecule has 0 spiro atoms. The Labute approximate surface area is 166 Å². The van der Waals surface area contributed by atoms with Gasteiger partial charge in [0, 0.05) is 17.7 Å². The van der Waals surface area contributed by atoms with Crippen molar-refractivity contribution in [1.29, 1.82) is 0 Å². The zero-order valence-corrected chi connectivity index (χ0v) is 15.7. The van der Waals surface area contributed by atoms with Gasteiger partial charge in [0.2, 0.25) is 0 Å². The van der Waals surface area contributed by atoms with Crippen molar-refractivity contribution in [2.45, 2.75) is 6.61 Å². The minimum Gasteiger partial charge on any atom is -0.493 e. The number of nitrogens with one attached hydrogen (secondary N) is 1. The molecule has 0 fully saturated rings. The molecule has 0 bridgehead atoms. The largest absolute Gasteiger partial charge is 0.493 e. The van der Waals surface area contributed by atoms with Crippen molar-refractivity contribution in [3.8, 4) is 11.5 Å². The average molecular weight is 399 g/mol. The minimum absolute atomic E-state index is 0.0129. The van der Waals surface area contributed by atoms with Gasteiger partial charge in [-0.05, 0) is 18.2 Å². The highest BCUT2D eigenvalue weighted by Gasteiger charge is 2.21. The number of amides is 1. The Morgan fingerprint density at radius 3 is 2.41 bits per heavy atom. The lowest BCUT2D eigenvalue weighted by atomic mass is 10.1. The Bertz CT molecular complexity index is 1020. The Morgan fingerprint density at radius 1 is 1.03 bits per heavy atom. The van der Waals surface area contributed by atoms with Crippen molar-refractivity contribution in [2.24, 2.45) is 0 Å². The van der Waals surface area contributed by atoms with Gasteiger partial charge in [0.15, 0.2) is 17.3 Å². The number of halogens is 1. The first-order valence-electron chi connectivity index (χ1n) is 8.55. The number of anilines is 1. The van der Waals surface area contributed by atoms with Gasteiger partial charge in [-0.15, -0.1) is 0 Å². The molecule has 7 nitrogen and oxygen atoms in total. The van der Waals surface area contributed by atoms with Crippen LogP contribution in [0.1, 0.15) is 26.5 Å². The second-order valence-corrected chi connectivity index (χ2v) is 5.85. The van der Waals surface area contributed by atoms with Crippen LogP contribution in [0.2, 0.25) is 0 Å². The van der Waals surface area contributed by atoms with Crippen molar-refractivity contribution < 1.29 is 32.6 Å². The van der Waals surface area contributed by atoms with Gasteiger partial charge in [-0.25, -0.2) is 9.18 Å². The summed E-state index contributed by atoms with van der Waals surface area (Å²) in [6.07, 6.45) is 1.35. The fourth-order valence-corrected chi connectivity index (χ4v) is 2.58. The highest BCUT2D eigenvalue weighted by Crippen LogP contribution is 2.34. The fraction of sp³-hybridized carbons (Fsp3) is 0.143. The maximum Gasteiger partial charge on any atom is 0.340 e. The van der Waals surface area contributed by atoms with Crippen LogP contribution in [-0.2, 0) is 11.3 Å². The monoisotopic (exact) mass is 399 g/mol. The number of carbonyl (C=O) groups excluding carboxylic acids is 2. The van der Waals surface area contributed by atoms with E-state index >= 15 is 0 Å². The topological polar surface area (TPSA) is 87.0 Å². The van der Waals surface area contributed by atoms with Gasteiger partial charge >= 0.3 is 5.97 Å². The van der Waals surface area contributed by atoms with Crippen molar-refractivity contribution >= 4 is 17.6 Å². The highest BCUT2D eigenvalue weighted by molar-refractivity contribution is 6.07. The normalized spacial score (nSPS) is 10.3. The van der Waals surface area contributed by atoms with Crippen LogP contribution in [-0.4, -0.2) is 26.1 Å². The summed E-state index contributed by atoms with van der Waals surface area (Å²) in [6.45, 7) is -0.272. The maximum absolute atomic E-state index is 13.8. The molecule has 3 rings (SSSR count). The number of carbonyl (C=O) groups is 2. The number of esters is 1. The maximum atomic E-state index is 13.8. The summed E-state index contributed by atoms with van der Waals surface area (Å²) >= 11 is 0. The number of hydrogen-bond donors (Lipinski definition) is 1. The number of methoxy groups -OCH3 is 2. The van der Waals surface area contributed by atoms with E-state index in [2.05, 4.69) is 5.32 Å². The first-order valence-corrected chi connectivity index (χ1v) is 8.55. The highest BCUT2D eigenvalue weighted by atomic mass is 19.1.